The van der Waals surface area contributed by atoms with Gasteiger partial charge in [-0.25, -0.2) is 4.39 Å². The van der Waals surface area contributed by atoms with Crippen LogP contribution in [0.1, 0.15) is 26.7 Å². The van der Waals surface area contributed by atoms with Gasteiger partial charge in [0.05, 0.1) is 5.69 Å². The molecule has 0 aliphatic heterocycles. The quantitative estimate of drug-likeness (QED) is 0.901. The number of anilines is 1. The first-order chi connectivity index (χ1) is 7.79. The van der Waals surface area contributed by atoms with Gasteiger partial charge in [-0.15, -0.1) is 0 Å². The predicted molar refractivity (Wildman–Crippen MR) is 74.9 cm³/mol. The molecule has 0 radical (unpaired) electrons. The maximum absolute atomic E-state index is 13.6. The minimum absolute atomic E-state index is 0.156. The summed E-state index contributed by atoms with van der Waals surface area (Å²) in [6.07, 6.45) is 1.87. The lowest BCUT2D eigenvalue weighted by molar-refractivity contribution is 0.460. The van der Waals surface area contributed by atoms with Gasteiger partial charge < -0.3 is 10.6 Å². The Morgan fingerprint density at radius 3 is 2.65 bits per heavy atom. The van der Waals surface area contributed by atoms with Gasteiger partial charge in [0.1, 0.15) is 5.82 Å². The Morgan fingerprint density at radius 2 is 2.06 bits per heavy atom. The van der Waals surface area contributed by atoms with Crippen LogP contribution in [0.3, 0.4) is 0 Å². The molecular formula is C13H20BrFN2. The van der Waals surface area contributed by atoms with Gasteiger partial charge in [-0.2, -0.15) is 0 Å². The molecule has 0 heterocycles. The van der Waals surface area contributed by atoms with Crippen molar-refractivity contribution in [1.29, 1.82) is 0 Å². The Bertz CT molecular complexity index is 374. The van der Waals surface area contributed by atoms with Crippen LogP contribution in [-0.2, 0) is 0 Å². The van der Waals surface area contributed by atoms with Gasteiger partial charge in [0, 0.05) is 23.6 Å². The Morgan fingerprint density at radius 1 is 1.41 bits per heavy atom. The number of rotatable bonds is 5. The Labute approximate surface area is 111 Å². The highest BCUT2D eigenvalue weighted by molar-refractivity contribution is 9.10. The summed E-state index contributed by atoms with van der Waals surface area (Å²) < 4.78 is 14.5. The van der Waals surface area contributed by atoms with Crippen molar-refractivity contribution >= 4 is 21.6 Å². The molecule has 0 saturated carbocycles. The second-order valence-corrected chi connectivity index (χ2v) is 6.03. The van der Waals surface area contributed by atoms with Gasteiger partial charge in [0.15, 0.2) is 0 Å². The zero-order valence-electron chi connectivity index (χ0n) is 10.6. The molecule has 17 heavy (non-hydrogen) atoms. The van der Waals surface area contributed by atoms with Gasteiger partial charge in [0.2, 0.25) is 0 Å². The average Bonchev–Trinajstić information content (AvgIpc) is 2.19. The van der Waals surface area contributed by atoms with Crippen LogP contribution in [-0.4, -0.2) is 19.1 Å². The molecule has 96 valence electrons. The minimum Gasteiger partial charge on any atom is -0.372 e. The highest BCUT2D eigenvalue weighted by Gasteiger charge is 2.12. The first kappa shape index (κ1) is 14.5. The van der Waals surface area contributed by atoms with Crippen molar-refractivity contribution in [3.05, 3.63) is 28.5 Å². The molecule has 2 N–H and O–H groups in total. The van der Waals surface area contributed by atoms with Crippen LogP contribution in [0.4, 0.5) is 10.1 Å². The standard InChI is InChI=1S/C13H20BrFN2/c1-13(2,16)7-4-8-17(3)12-9-10(14)5-6-11(12)15/h5-6,9H,4,7-8,16H2,1-3H3. The van der Waals surface area contributed by atoms with E-state index in [9.17, 15) is 4.39 Å². The third-order valence-corrected chi connectivity index (χ3v) is 3.13. The maximum Gasteiger partial charge on any atom is 0.146 e. The molecule has 0 bridgehead atoms. The lowest BCUT2D eigenvalue weighted by Crippen LogP contribution is -2.33. The van der Waals surface area contributed by atoms with Crippen LogP contribution < -0.4 is 10.6 Å². The van der Waals surface area contributed by atoms with E-state index in [1.807, 2.05) is 25.8 Å². The highest BCUT2D eigenvalue weighted by atomic mass is 79.9. The van der Waals surface area contributed by atoms with E-state index in [0.717, 1.165) is 23.9 Å². The molecule has 0 atom stereocenters. The van der Waals surface area contributed by atoms with Gasteiger partial charge >= 0.3 is 0 Å². The van der Waals surface area contributed by atoms with E-state index in [0.29, 0.717) is 5.69 Å². The molecule has 0 saturated heterocycles. The van der Waals surface area contributed by atoms with Crippen molar-refractivity contribution in [2.75, 3.05) is 18.5 Å². The summed E-state index contributed by atoms with van der Waals surface area (Å²) in [5.41, 5.74) is 6.38. The molecule has 0 fully saturated rings. The fraction of sp³-hybridized carbons (Fsp3) is 0.538. The number of halogens is 2. The maximum atomic E-state index is 13.6. The molecule has 1 aromatic carbocycles. The molecule has 0 aliphatic rings. The van der Waals surface area contributed by atoms with Crippen LogP contribution >= 0.6 is 15.9 Å². The highest BCUT2D eigenvalue weighted by Crippen LogP contribution is 2.23. The lowest BCUT2D eigenvalue weighted by Gasteiger charge is -2.23. The minimum atomic E-state index is -0.192. The molecule has 2 nitrogen and oxygen atoms in total. The zero-order chi connectivity index (χ0) is 13.1. The summed E-state index contributed by atoms with van der Waals surface area (Å²) in [6, 6.07) is 4.97. The van der Waals surface area contributed by atoms with E-state index >= 15 is 0 Å². The summed E-state index contributed by atoms with van der Waals surface area (Å²) in [5.74, 6) is -0.192. The second kappa shape index (κ2) is 5.83. The van der Waals surface area contributed by atoms with Crippen molar-refractivity contribution < 1.29 is 4.39 Å². The summed E-state index contributed by atoms with van der Waals surface area (Å²) in [5, 5.41) is 0. The molecule has 1 rings (SSSR count). The van der Waals surface area contributed by atoms with E-state index in [1.165, 1.54) is 6.07 Å². The number of benzene rings is 1. The zero-order valence-corrected chi connectivity index (χ0v) is 12.2. The Hall–Kier alpha value is -0.610. The number of nitrogens with zero attached hydrogens (tertiary/aromatic N) is 1. The van der Waals surface area contributed by atoms with Crippen molar-refractivity contribution in [2.45, 2.75) is 32.2 Å². The Kier molecular flexibility index (Phi) is 4.95. The topological polar surface area (TPSA) is 29.3 Å². The molecule has 4 heteroatoms. The van der Waals surface area contributed by atoms with Crippen LogP contribution in [0.5, 0.6) is 0 Å². The molecular weight excluding hydrogens is 283 g/mol. The van der Waals surface area contributed by atoms with Gasteiger partial charge in [-0.05, 0) is 44.9 Å². The SMILES string of the molecule is CN(CCCC(C)(C)N)c1cc(Br)ccc1F. The van der Waals surface area contributed by atoms with E-state index < -0.39 is 0 Å². The monoisotopic (exact) mass is 302 g/mol. The van der Waals surface area contributed by atoms with Gasteiger partial charge in [-0.1, -0.05) is 15.9 Å². The molecule has 0 amide bonds. The molecule has 1 aromatic rings. The predicted octanol–water partition coefficient (Wildman–Crippen LogP) is 3.54. The first-order valence-corrected chi connectivity index (χ1v) is 6.54. The first-order valence-electron chi connectivity index (χ1n) is 5.75. The van der Waals surface area contributed by atoms with E-state index in [4.69, 9.17) is 5.73 Å². The van der Waals surface area contributed by atoms with Crippen molar-refractivity contribution in [3.8, 4) is 0 Å². The molecule has 0 aromatic heterocycles. The summed E-state index contributed by atoms with van der Waals surface area (Å²) in [4.78, 5) is 1.92. The average molecular weight is 303 g/mol. The third-order valence-electron chi connectivity index (χ3n) is 2.63. The summed E-state index contributed by atoms with van der Waals surface area (Å²) in [7, 11) is 1.90. The normalized spacial score (nSPS) is 11.6. The van der Waals surface area contributed by atoms with Gasteiger partial charge in [0.25, 0.3) is 0 Å². The second-order valence-electron chi connectivity index (χ2n) is 5.11. The van der Waals surface area contributed by atoms with E-state index in [2.05, 4.69) is 15.9 Å². The van der Waals surface area contributed by atoms with Crippen molar-refractivity contribution in [3.63, 3.8) is 0 Å². The van der Waals surface area contributed by atoms with Gasteiger partial charge in [-0.3, -0.25) is 0 Å². The van der Waals surface area contributed by atoms with E-state index in [1.54, 1.807) is 12.1 Å². The smallest absolute Gasteiger partial charge is 0.146 e. The van der Waals surface area contributed by atoms with Crippen LogP contribution in [0.25, 0.3) is 0 Å². The van der Waals surface area contributed by atoms with Crippen LogP contribution in [0.15, 0.2) is 22.7 Å². The van der Waals surface area contributed by atoms with Crippen molar-refractivity contribution in [2.24, 2.45) is 5.73 Å². The van der Waals surface area contributed by atoms with Crippen molar-refractivity contribution in [1.82, 2.24) is 0 Å². The summed E-state index contributed by atoms with van der Waals surface area (Å²) in [6.45, 7) is 4.81. The number of hydrogen-bond donors (Lipinski definition) is 1. The fourth-order valence-electron chi connectivity index (χ4n) is 1.67. The van der Waals surface area contributed by atoms with Crippen LogP contribution in [0.2, 0.25) is 0 Å². The molecule has 0 spiro atoms. The Balaban J connectivity index is 2.58. The molecule has 0 aliphatic carbocycles. The fourth-order valence-corrected chi connectivity index (χ4v) is 2.02. The largest absolute Gasteiger partial charge is 0.372 e. The van der Waals surface area contributed by atoms with Crippen LogP contribution in [0, 0.1) is 5.82 Å². The lowest BCUT2D eigenvalue weighted by atomic mass is 10.00. The number of nitrogens with two attached hydrogens (primary N) is 1. The number of hydrogen-bond acceptors (Lipinski definition) is 2. The van der Waals surface area contributed by atoms with E-state index in [-0.39, 0.29) is 11.4 Å². The third kappa shape index (κ3) is 5.04. The summed E-state index contributed by atoms with van der Waals surface area (Å²) >= 11 is 3.35. The molecule has 0 unspecified atom stereocenters.